The maximum absolute atomic E-state index is 9.95. The standard InChI is InChI=1S/C16H29NO3/c1-4-5-6-14(18)11-17-9-7-16(8-10-17)19-12-15(2,3)13-20-16/h4,14,18H,1,5-13H2,2-3H3. The molecular weight excluding hydrogens is 254 g/mol. The maximum Gasteiger partial charge on any atom is 0.170 e. The largest absolute Gasteiger partial charge is 0.392 e. The van der Waals surface area contributed by atoms with Crippen molar-refractivity contribution in [2.24, 2.45) is 5.41 Å². The number of aliphatic hydroxyl groups is 1. The molecule has 116 valence electrons. The Bertz CT molecular complexity index is 310. The van der Waals surface area contributed by atoms with Gasteiger partial charge in [-0.2, -0.15) is 0 Å². The molecule has 1 unspecified atom stereocenters. The van der Waals surface area contributed by atoms with Crippen LogP contribution in [0.15, 0.2) is 12.7 Å². The van der Waals surface area contributed by atoms with Gasteiger partial charge in [0.25, 0.3) is 0 Å². The third kappa shape index (κ3) is 4.29. The Kier molecular flexibility index (Phi) is 5.24. The molecule has 0 bridgehead atoms. The molecule has 1 atom stereocenters. The number of ether oxygens (including phenoxy) is 2. The van der Waals surface area contributed by atoms with Crippen LogP contribution in [-0.2, 0) is 9.47 Å². The van der Waals surface area contributed by atoms with Gasteiger partial charge in [-0.1, -0.05) is 19.9 Å². The SMILES string of the molecule is C=CCCC(O)CN1CCC2(CC1)OCC(C)(C)CO2. The number of hydrogen-bond acceptors (Lipinski definition) is 4. The van der Waals surface area contributed by atoms with E-state index < -0.39 is 0 Å². The van der Waals surface area contributed by atoms with E-state index in [1.807, 2.05) is 6.08 Å². The van der Waals surface area contributed by atoms with Gasteiger partial charge >= 0.3 is 0 Å². The lowest BCUT2D eigenvalue weighted by atomic mass is 9.92. The first-order valence-electron chi connectivity index (χ1n) is 7.74. The van der Waals surface area contributed by atoms with E-state index in [0.29, 0.717) is 0 Å². The highest BCUT2D eigenvalue weighted by Gasteiger charge is 2.42. The minimum atomic E-state index is -0.363. The smallest absolute Gasteiger partial charge is 0.170 e. The van der Waals surface area contributed by atoms with E-state index in [9.17, 15) is 5.11 Å². The molecule has 2 aliphatic rings. The van der Waals surface area contributed by atoms with E-state index in [-0.39, 0.29) is 17.3 Å². The van der Waals surface area contributed by atoms with Gasteiger partial charge in [-0.3, -0.25) is 0 Å². The predicted octanol–water partition coefficient (Wildman–Crippen LogP) is 2.18. The number of hydrogen-bond donors (Lipinski definition) is 1. The van der Waals surface area contributed by atoms with Crippen molar-refractivity contribution in [2.75, 3.05) is 32.8 Å². The van der Waals surface area contributed by atoms with Gasteiger partial charge in [-0.15, -0.1) is 6.58 Å². The zero-order chi connectivity index (χ0) is 14.6. The van der Waals surface area contributed by atoms with Crippen LogP contribution in [-0.4, -0.2) is 54.7 Å². The molecule has 2 heterocycles. The third-order valence-electron chi connectivity index (χ3n) is 4.24. The van der Waals surface area contributed by atoms with Gasteiger partial charge in [0, 0.05) is 37.9 Å². The van der Waals surface area contributed by atoms with Crippen LogP contribution in [0.25, 0.3) is 0 Å². The van der Waals surface area contributed by atoms with Gasteiger partial charge in [0.1, 0.15) is 0 Å². The van der Waals surface area contributed by atoms with Crippen LogP contribution in [0.1, 0.15) is 39.5 Å². The molecule has 4 heteroatoms. The Balaban J connectivity index is 1.74. The topological polar surface area (TPSA) is 41.9 Å². The molecule has 1 spiro atoms. The van der Waals surface area contributed by atoms with E-state index in [4.69, 9.17) is 9.47 Å². The van der Waals surface area contributed by atoms with Gasteiger partial charge in [0.05, 0.1) is 19.3 Å². The average Bonchev–Trinajstić information content (AvgIpc) is 2.43. The summed E-state index contributed by atoms with van der Waals surface area (Å²) in [5.41, 5.74) is 0.128. The minimum absolute atomic E-state index is 0.128. The quantitative estimate of drug-likeness (QED) is 0.785. The molecule has 0 aromatic carbocycles. The number of likely N-dealkylation sites (tertiary alicyclic amines) is 1. The molecular formula is C16H29NO3. The number of aliphatic hydroxyl groups excluding tert-OH is 1. The van der Waals surface area contributed by atoms with Crippen LogP contribution < -0.4 is 0 Å². The molecule has 2 fully saturated rings. The fraction of sp³-hybridized carbons (Fsp3) is 0.875. The van der Waals surface area contributed by atoms with Gasteiger partial charge in [-0.25, -0.2) is 0 Å². The first kappa shape index (κ1) is 16.0. The number of β-amino-alcohol motifs (C(OH)–C–C–N with tert-alkyl or cyclic N) is 1. The Labute approximate surface area is 122 Å². The lowest BCUT2D eigenvalue weighted by molar-refractivity contribution is -0.313. The van der Waals surface area contributed by atoms with E-state index in [0.717, 1.165) is 58.5 Å². The molecule has 2 rings (SSSR count). The Morgan fingerprint density at radius 1 is 1.25 bits per heavy atom. The first-order chi connectivity index (χ1) is 9.45. The highest BCUT2D eigenvalue weighted by Crippen LogP contribution is 2.36. The Hall–Kier alpha value is -0.420. The number of nitrogens with zero attached hydrogens (tertiary/aromatic N) is 1. The fourth-order valence-electron chi connectivity index (χ4n) is 2.80. The molecule has 1 N–H and O–H groups in total. The third-order valence-corrected chi connectivity index (χ3v) is 4.24. The summed E-state index contributed by atoms with van der Waals surface area (Å²) >= 11 is 0. The normalized spacial score (nSPS) is 27.4. The predicted molar refractivity (Wildman–Crippen MR) is 79.5 cm³/mol. The lowest BCUT2D eigenvalue weighted by Crippen LogP contribution is -2.54. The molecule has 0 radical (unpaired) electrons. The summed E-state index contributed by atoms with van der Waals surface area (Å²) in [6.07, 6.45) is 5.08. The summed E-state index contributed by atoms with van der Waals surface area (Å²) in [5, 5.41) is 9.95. The molecule has 0 aliphatic carbocycles. The summed E-state index contributed by atoms with van der Waals surface area (Å²) in [5.74, 6) is -0.363. The van der Waals surface area contributed by atoms with Crippen LogP contribution >= 0.6 is 0 Å². The Morgan fingerprint density at radius 3 is 2.40 bits per heavy atom. The highest BCUT2D eigenvalue weighted by atomic mass is 16.7. The van der Waals surface area contributed by atoms with Crippen LogP contribution in [0, 0.1) is 5.41 Å². The van der Waals surface area contributed by atoms with Crippen LogP contribution in [0.5, 0.6) is 0 Å². The summed E-state index contributed by atoms with van der Waals surface area (Å²) in [6.45, 7) is 12.2. The van der Waals surface area contributed by atoms with Crippen molar-refractivity contribution in [3.63, 3.8) is 0 Å². The van der Waals surface area contributed by atoms with E-state index in [1.54, 1.807) is 0 Å². The summed E-state index contributed by atoms with van der Waals surface area (Å²) in [4.78, 5) is 2.31. The molecule has 0 amide bonds. The van der Waals surface area contributed by atoms with E-state index in [1.165, 1.54) is 0 Å². The zero-order valence-corrected chi connectivity index (χ0v) is 12.9. The number of piperidine rings is 1. The van der Waals surface area contributed by atoms with Crippen LogP contribution in [0.3, 0.4) is 0 Å². The van der Waals surface area contributed by atoms with Crippen molar-refractivity contribution < 1.29 is 14.6 Å². The molecule has 0 aromatic heterocycles. The molecule has 4 nitrogen and oxygen atoms in total. The van der Waals surface area contributed by atoms with E-state index >= 15 is 0 Å². The van der Waals surface area contributed by atoms with Crippen molar-refractivity contribution >= 4 is 0 Å². The second-order valence-corrected chi connectivity index (χ2v) is 6.97. The number of rotatable bonds is 5. The summed E-state index contributed by atoms with van der Waals surface area (Å²) in [6, 6.07) is 0. The van der Waals surface area contributed by atoms with Crippen molar-refractivity contribution in [2.45, 2.75) is 51.4 Å². The second-order valence-electron chi connectivity index (χ2n) is 6.97. The Morgan fingerprint density at radius 2 is 1.85 bits per heavy atom. The van der Waals surface area contributed by atoms with Crippen LogP contribution in [0.2, 0.25) is 0 Å². The van der Waals surface area contributed by atoms with Gasteiger partial charge in [0.15, 0.2) is 5.79 Å². The van der Waals surface area contributed by atoms with Crippen molar-refractivity contribution in [1.82, 2.24) is 4.90 Å². The number of allylic oxidation sites excluding steroid dienone is 1. The molecule has 2 aliphatic heterocycles. The molecule has 0 aromatic rings. The summed E-state index contributed by atoms with van der Waals surface area (Å²) < 4.78 is 12.0. The average molecular weight is 283 g/mol. The van der Waals surface area contributed by atoms with Crippen LogP contribution in [0.4, 0.5) is 0 Å². The minimum Gasteiger partial charge on any atom is -0.392 e. The monoisotopic (exact) mass is 283 g/mol. The van der Waals surface area contributed by atoms with Crippen molar-refractivity contribution in [1.29, 1.82) is 0 Å². The molecule has 20 heavy (non-hydrogen) atoms. The molecule has 0 saturated carbocycles. The zero-order valence-electron chi connectivity index (χ0n) is 12.9. The van der Waals surface area contributed by atoms with Crippen molar-refractivity contribution in [3.05, 3.63) is 12.7 Å². The van der Waals surface area contributed by atoms with Crippen molar-refractivity contribution in [3.8, 4) is 0 Å². The maximum atomic E-state index is 9.95. The fourth-order valence-corrected chi connectivity index (χ4v) is 2.80. The van der Waals surface area contributed by atoms with Gasteiger partial charge in [0.2, 0.25) is 0 Å². The lowest BCUT2D eigenvalue weighted by Gasteiger charge is -2.47. The second kappa shape index (κ2) is 6.56. The van der Waals surface area contributed by atoms with Gasteiger partial charge in [-0.05, 0) is 12.8 Å². The molecule has 2 saturated heterocycles. The van der Waals surface area contributed by atoms with Gasteiger partial charge < -0.3 is 19.5 Å². The summed E-state index contributed by atoms with van der Waals surface area (Å²) in [7, 11) is 0. The first-order valence-corrected chi connectivity index (χ1v) is 7.74. The highest BCUT2D eigenvalue weighted by molar-refractivity contribution is 4.86. The van der Waals surface area contributed by atoms with E-state index in [2.05, 4.69) is 25.3 Å².